The zero-order valence-electron chi connectivity index (χ0n) is 8.25. The fourth-order valence-corrected chi connectivity index (χ4v) is 1.49. The van der Waals surface area contributed by atoms with E-state index in [-0.39, 0.29) is 5.92 Å². The van der Waals surface area contributed by atoms with Crippen LogP contribution in [0.15, 0.2) is 0 Å². The standard InChI is InChI=1S/C10H19NO/c1-4-6-9(8(3)5-2)10(12)7-11/h8-10,12H,4-6H2,1-3H3. The summed E-state index contributed by atoms with van der Waals surface area (Å²) in [7, 11) is 0. The van der Waals surface area contributed by atoms with E-state index in [0.29, 0.717) is 5.92 Å². The molecule has 0 bridgehead atoms. The quantitative estimate of drug-likeness (QED) is 0.642. The first-order valence-corrected chi connectivity index (χ1v) is 4.75. The van der Waals surface area contributed by atoms with Crippen LogP contribution in [-0.4, -0.2) is 11.2 Å². The van der Waals surface area contributed by atoms with Crippen molar-refractivity contribution >= 4 is 0 Å². The van der Waals surface area contributed by atoms with Gasteiger partial charge in [-0.2, -0.15) is 5.26 Å². The average Bonchev–Trinajstić information content (AvgIpc) is 2.11. The van der Waals surface area contributed by atoms with Crippen molar-refractivity contribution in [1.82, 2.24) is 0 Å². The van der Waals surface area contributed by atoms with Gasteiger partial charge in [0.2, 0.25) is 0 Å². The smallest absolute Gasteiger partial charge is 0.143 e. The summed E-state index contributed by atoms with van der Waals surface area (Å²) < 4.78 is 0. The minimum absolute atomic E-state index is 0.157. The van der Waals surface area contributed by atoms with Crippen molar-refractivity contribution in [3.05, 3.63) is 0 Å². The number of nitrogens with zero attached hydrogens (tertiary/aromatic N) is 1. The summed E-state index contributed by atoms with van der Waals surface area (Å²) in [6.45, 7) is 6.28. The molecule has 0 amide bonds. The Kier molecular flexibility index (Phi) is 5.74. The van der Waals surface area contributed by atoms with E-state index in [9.17, 15) is 5.11 Å². The van der Waals surface area contributed by atoms with Gasteiger partial charge in [-0.25, -0.2) is 0 Å². The second-order valence-corrected chi connectivity index (χ2v) is 3.41. The second-order valence-electron chi connectivity index (χ2n) is 3.41. The molecule has 0 aromatic heterocycles. The van der Waals surface area contributed by atoms with Crippen LogP contribution in [0.3, 0.4) is 0 Å². The SMILES string of the molecule is CCCC(C(O)C#N)C(C)CC. The number of hydrogen-bond acceptors (Lipinski definition) is 2. The molecule has 0 heterocycles. The molecule has 2 heteroatoms. The van der Waals surface area contributed by atoms with Crippen molar-refractivity contribution in [2.24, 2.45) is 11.8 Å². The van der Waals surface area contributed by atoms with Crippen LogP contribution in [0.1, 0.15) is 40.0 Å². The summed E-state index contributed by atoms with van der Waals surface area (Å²) in [5.41, 5.74) is 0. The third-order valence-corrected chi connectivity index (χ3v) is 2.53. The lowest BCUT2D eigenvalue weighted by molar-refractivity contribution is 0.114. The highest BCUT2D eigenvalue weighted by molar-refractivity contribution is 4.89. The van der Waals surface area contributed by atoms with Crippen LogP contribution in [0.4, 0.5) is 0 Å². The Morgan fingerprint density at radius 3 is 2.33 bits per heavy atom. The van der Waals surface area contributed by atoms with Crippen LogP contribution in [0.5, 0.6) is 0 Å². The summed E-state index contributed by atoms with van der Waals surface area (Å²) in [5.74, 6) is 0.601. The Balaban J connectivity index is 4.13. The van der Waals surface area contributed by atoms with Gasteiger partial charge in [0, 0.05) is 5.92 Å². The minimum Gasteiger partial charge on any atom is -0.378 e. The molecule has 70 valence electrons. The number of aliphatic hydroxyl groups excluding tert-OH is 1. The van der Waals surface area contributed by atoms with E-state index in [0.717, 1.165) is 19.3 Å². The highest BCUT2D eigenvalue weighted by Crippen LogP contribution is 2.23. The maximum absolute atomic E-state index is 9.39. The fraction of sp³-hybridized carbons (Fsp3) is 0.900. The van der Waals surface area contributed by atoms with Crippen molar-refractivity contribution in [2.75, 3.05) is 0 Å². The molecule has 12 heavy (non-hydrogen) atoms. The molecule has 0 spiro atoms. The Morgan fingerprint density at radius 1 is 1.42 bits per heavy atom. The molecule has 0 fully saturated rings. The van der Waals surface area contributed by atoms with Crippen molar-refractivity contribution in [1.29, 1.82) is 5.26 Å². The highest BCUT2D eigenvalue weighted by Gasteiger charge is 2.22. The van der Waals surface area contributed by atoms with Gasteiger partial charge < -0.3 is 5.11 Å². The summed E-state index contributed by atoms with van der Waals surface area (Å²) >= 11 is 0. The third kappa shape index (κ3) is 3.23. The Labute approximate surface area is 75.2 Å². The first-order chi connectivity index (χ1) is 5.67. The second kappa shape index (κ2) is 6.02. The molecular weight excluding hydrogens is 150 g/mol. The van der Waals surface area contributed by atoms with Crippen LogP contribution >= 0.6 is 0 Å². The number of rotatable bonds is 5. The minimum atomic E-state index is -0.778. The van der Waals surface area contributed by atoms with Crippen LogP contribution in [0, 0.1) is 23.2 Å². The molecule has 2 nitrogen and oxygen atoms in total. The monoisotopic (exact) mass is 169 g/mol. The number of nitriles is 1. The molecule has 0 aliphatic carbocycles. The van der Waals surface area contributed by atoms with E-state index >= 15 is 0 Å². The van der Waals surface area contributed by atoms with Gasteiger partial charge in [-0.15, -0.1) is 0 Å². The molecule has 0 aromatic carbocycles. The van der Waals surface area contributed by atoms with Crippen LogP contribution in [0.2, 0.25) is 0 Å². The van der Waals surface area contributed by atoms with Crippen LogP contribution in [0.25, 0.3) is 0 Å². The summed E-state index contributed by atoms with van der Waals surface area (Å²) in [5, 5.41) is 18.0. The summed E-state index contributed by atoms with van der Waals surface area (Å²) in [6, 6.07) is 1.92. The van der Waals surface area contributed by atoms with Gasteiger partial charge in [-0.3, -0.25) is 0 Å². The van der Waals surface area contributed by atoms with Crippen molar-refractivity contribution in [3.63, 3.8) is 0 Å². The zero-order chi connectivity index (χ0) is 9.56. The molecule has 0 aliphatic rings. The lowest BCUT2D eigenvalue weighted by Crippen LogP contribution is -2.24. The Bertz CT molecular complexity index is 150. The maximum atomic E-state index is 9.39. The normalized spacial score (nSPS) is 17.9. The van der Waals surface area contributed by atoms with E-state index in [4.69, 9.17) is 5.26 Å². The molecule has 0 aliphatic heterocycles. The van der Waals surface area contributed by atoms with Crippen LogP contribution in [-0.2, 0) is 0 Å². The third-order valence-electron chi connectivity index (χ3n) is 2.53. The van der Waals surface area contributed by atoms with Gasteiger partial charge in [0.15, 0.2) is 0 Å². The predicted molar refractivity (Wildman–Crippen MR) is 49.5 cm³/mol. The molecule has 3 atom stereocenters. The van der Waals surface area contributed by atoms with Gasteiger partial charge >= 0.3 is 0 Å². The number of hydrogen-bond donors (Lipinski definition) is 1. The van der Waals surface area contributed by atoms with Gasteiger partial charge in [0.25, 0.3) is 0 Å². The molecule has 0 saturated carbocycles. The molecule has 0 saturated heterocycles. The first-order valence-electron chi connectivity index (χ1n) is 4.75. The fourth-order valence-electron chi connectivity index (χ4n) is 1.49. The number of aliphatic hydroxyl groups is 1. The van der Waals surface area contributed by atoms with Gasteiger partial charge in [0.05, 0.1) is 6.07 Å². The van der Waals surface area contributed by atoms with Crippen molar-refractivity contribution in [2.45, 2.75) is 46.1 Å². The van der Waals surface area contributed by atoms with E-state index in [2.05, 4.69) is 20.8 Å². The summed E-state index contributed by atoms with van der Waals surface area (Å²) in [4.78, 5) is 0. The average molecular weight is 169 g/mol. The Hall–Kier alpha value is -0.550. The maximum Gasteiger partial charge on any atom is 0.143 e. The lowest BCUT2D eigenvalue weighted by atomic mass is 9.84. The van der Waals surface area contributed by atoms with Gasteiger partial charge in [-0.05, 0) is 12.3 Å². The topological polar surface area (TPSA) is 44.0 Å². The van der Waals surface area contributed by atoms with E-state index < -0.39 is 6.10 Å². The molecule has 0 radical (unpaired) electrons. The predicted octanol–water partition coefficient (Wildman–Crippen LogP) is 2.33. The molecule has 3 unspecified atom stereocenters. The zero-order valence-corrected chi connectivity index (χ0v) is 8.25. The van der Waals surface area contributed by atoms with Gasteiger partial charge in [0.1, 0.15) is 6.10 Å². The van der Waals surface area contributed by atoms with Crippen molar-refractivity contribution < 1.29 is 5.11 Å². The van der Waals surface area contributed by atoms with Crippen molar-refractivity contribution in [3.8, 4) is 6.07 Å². The van der Waals surface area contributed by atoms with E-state index in [1.165, 1.54) is 0 Å². The van der Waals surface area contributed by atoms with Gasteiger partial charge in [-0.1, -0.05) is 33.6 Å². The van der Waals surface area contributed by atoms with Crippen LogP contribution < -0.4 is 0 Å². The molecule has 0 rings (SSSR count). The largest absolute Gasteiger partial charge is 0.378 e. The first kappa shape index (κ1) is 11.4. The molecular formula is C10H19NO. The highest BCUT2D eigenvalue weighted by atomic mass is 16.3. The molecule has 0 aromatic rings. The van der Waals surface area contributed by atoms with E-state index in [1.807, 2.05) is 6.07 Å². The van der Waals surface area contributed by atoms with E-state index in [1.54, 1.807) is 0 Å². The summed E-state index contributed by atoms with van der Waals surface area (Å²) in [6.07, 6.45) is 2.24. The Morgan fingerprint density at radius 2 is 2.00 bits per heavy atom. The lowest BCUT2D eigenvalue weighted by Gasteiger charge is -2.23. The molecule has 1 N–H and O–H groups in total.